The average molecular weight is 356 g/mol. The highest BCUT2D eigenvalue weighted by Crippen LogP contribution is 2.11. The van der Waals surface area contributed by atoms with Crippen LogP contribution in [0, 0.1) is 5.41 Å². The lowest BCUT2D eigenvalue weighted by Gasteiger charge is -2.18. The van der Waals surface area contributed by atoms with Crippen LogP contribution in [0.2, 0.25) is 0 Å². The molecule has 0 fully saturated rings. The van der Waals surface area contributed by atoms with Crippen molar-refractivity contribution in [3.05, 3.63) is 35.4 Å². The second-order valence-electron chi connectivity index (χ2n) is 6.83. The number of hydrogen-bond donors (Lipinski definition) is 3. The van der Waals surface area contributed by atoms with Crippen LogP contribution in [0.15, 0.2) is 24.3 Å². The Bertz CT molecular complexity index is 510. The molecule has 5 nitrogen and oxygen atoms in total. The van der Waals surface area contributed by atoms with Crippen LogP contribution < -0.4 is 16.0 Å². The summed E-state index contributed by atoms with van der Waals surface area (Å²) in [7, 11) is 0. The van der Waals surface area contributed by atoms with Crippen molar-refractivity contribution in [2.24, 2.45) is 5.41 Å². The predicted octanol–water partition coefficient (Wildman–Crippen LogP) is 2.61. The van der Waals surface area contributed by atoms with Crippen molar-refractivity contribution in [2.75, 3.05) is 26.2 Å². The molecule has 1 aromatic carbocycles. The van der Waals surface area contributed by atoms with Gasteiger partial charge in [-0.2, -0.15) is 0 Å². The molecule has 0 aliphatic rings. The van der Waals surface area contributed by atoms with Crippen molar-refractivity contribution in [1.29, 1.82) is 0 Å². The maximum Gasteiger partial charge on any atom is 0.251 e. The largest absolute Gasteiger partial charge is 0.352 e. The standard InChI is InChI=1S/C18H29N3O2.ClH/c1-5-10-19-11-12-20-16(22)14-6-8-15(9-7-14)17(23)21-13-18(2,3)4;/h6-9,19H,5,10-13H2,1-4H3,(H,20,22)(H,21,23);1H. The molecule has 24 heavy (non-hydrogen) atoms. The van der Waals surface area contributed by atoms with Gasteiger partial charge in [-0.05, 0) is 42.6 Å². The molecule has 1 aromatic rings. The number of halogens is 1. The van der Waals surface area contributed by atoms with Gasteiger partial charge in [-0.25, -0.2) is 0 Å². The maximum atomic E-state index is 12.0. The molecule has 6 heteroatoms. The summed E-state index contributed by atoms with van der Waals surface area (Å²) in [6.45, 7) is 11.2. The van der Waals surface area contributed by atoms with Crippen LogP contribution in [0.5, 0.6) is 0 Å². The molecule has 0 unspecified atom stereocenters. The van der Waals surface area contributed by atoms with Gasteiger partial charge in [-0.1, -0.05) is 27.7 Å². The van der Waals surface area contributed by atoms with Crippen molar-refractivity contribution < 1.29 is 9.59 Å². The Balaban J connectivity index is 0.00000529. The maximum absolute atomic E-state index is 12.0. The van der Waals surface area contributed by atoms with Gasteiger partial charge in [0, 0.05) is 30.8 Å². The van der Waals surface area contributed by atoms with E-state index < -0.39 is 0 Å². The molecular formula is C18H30ClN3O2. The van der Waals surface area contributed by atoms with E-state index in [0.29, 0.717) is 24.2 Å². The lowest BCUT2D eigenvalue weighted by Crippen LogP contribution is -2.33. The zero-order valence-electron chi connectivity index (χ0n) is 15.1. The Hall–Kier alpha value is -1.59. The first-order valence-corrected chi connectivity index (χ1v) is 8.20. The zero-order chi connectivity index (χ0) is 17.3. The lowest BCUT2D eigenvalue weighted by atomic mass is 9.97. The van der Waals surface area contributed by atoms with Crippen molar-refractivity contribution in [2.45, 2.75) is 34.1 Å². The molecule has 0 aliphatic heterocycles. The number of benzene rings is 1. The van der Waals surface area contributed by atoms with Gasteiger partial charge in [0.25, 0.3) is 11.8 Å². The van der Waals surface area contributed by atoms with E-state index in [1.54, 1.807) is 24.3 Å². The molecule has 0 saturated carbocycles. The minimum Gasteiger partial charge on any atom is -0.352 e. The van der Waals surface area contributed by atoms with Crippen LogP contribution >= 0.6 is 12.4 Å². The second-order valence-corrected chi connectivity index (χ2v) is 6.83. The minimum atomic E-state index is -0.120. The van der Waals surface area contributed by atoms with Crippen molar-refractivity contribution in [3.8, 4) is 0 Å². The highest BCUT2D eigenvalue weighted by Gasteiger charge is 2.13. The molecule has 0 spiro atoms. The molecule has 0 atom stereocenters. The third kappa shape index (κ3) is 8.89. The van der Waals surface area contributed by atoms with Gasteiger partial charge >= 0.3 is 0 Å². The summed E-state index contributed by atoms with van der Waals surface area (Å²) in [5, 5.41) is 8.97. The fraction of sp³-hybridized carbons (Fsp3) is 0.556. The summed E-state index contributed by atoms with van der Waals surface area (Å²) in [4.78, 5) is 24.0. The molecule has 0 saturated heterocycles. The quantitative estimate of drug-likeness (QED) is 0.628. The van der Waals surface area contributed by atoms with Gasteiger partial charge in [0.15, 0.2) is 0 Å². The Kier molecular flexibility index (Phi) is 10.3. The van der Waals surface area contributed by atoms with E-state index in [2.05, 4.69) is 43.6 Å². The van der Waals surface area contributed by atoms with Crippen LogP contribution in [0.4, 0.5) is 0 Å². The van der Waals surface area contributed by atoms with E-state index in [9.17, 15) is 9.59 Å². The molecule has 1 rings (SSSR count). The van der Waals surface area contributed by atoms with Gasteiger partial charge < -0.3 is 16.0 Å². The van der Waals surface area contributed by atoms with Gasteiger partial charge in [0.2, 0.25) is 0 Å². The number of carbonyl (C=O) groups is 2. The number of amides is 2. The van der Waals surface area contributed by atoms with E-state index in [0.717, 1.165) is 19.5 Å². The minimum absolute atomic E-state index is 0. The summed E-state index contributed by atoms with van der Waals surface area (Å²) in [6, 6.07) is 6.73. The highest BCUT2D eigenvalue weighted by molar-refractivity contribution is 5.97. The third-order valence-corrected chi connectivity index (χ3v) is 3.20. The predicted molar refractivity (Wildman–Crippen MR) is 101 cm³/mol. The molecular weight excluding hydrogens is 326 g/mol. The van der Waals surface area contributed by atoms with E-state index >= 15 is 0 Å². The van der Waals surface area contributed by atoms with Crippen LogP contribution in [-0.2, 0) is 0 Å². The van der Waals surface area contributed by atoms with Gasteiger partial charge in [-0.3, -0.25) is 9.59 Å². The molecule has 2 amide bonds. The van der Waals surface area contributed by atoms with Crippen LogP contribution in [0.25, 0.3) is 0 Å². The normalized spacial score (nSPS) is 10.7. The first kappa shape index (κ1) is 22.4. The van der Waals surface area contributed by atoms with Crippen molar-refractivity contribution in [3.63, 3.8) is 0 Å². The summed E-state index contributed by atoms with van der Waals surface area (Å²) < 4.78 is 0. The lowest BCUT2D eigenvalue weighted by molar-refractivity contribution is 0.0933. The van der Waals surface area contributed by atoms with E-state index in [1.165, 1.54) is 0 Å². The summed E-state index contributed by atoms with van der Waals surface area (Å²) in [5.74, 6) is -0.236. The first-order chi connectivity index (χ1) is 10.8. The Labute approximate surface area is 151 Å². The smallest absolute Gasteiger partial charge is 0.251 e. The van der Waals surface area contributed by atoms with Gasteiger partial charge in [-0.15, -0.1) is 12.4 Å². The monoisotopic (exact) mass is 355 g/mol. The second kappa shape index (κ2) is 11.0. The van der Waals surface area contributed by atoms with E-state index in [-0.39, 0.29) is 29.6 Å². The summed E-state index contributed by atoms with van der Waals surface area (Å²) in [5.41, 5.74) is 1.17. The number of hydrogen-bond acceptors (Lipinski definition) is 3. The summed E-state index contributed by atoms with van der Waals surface area (Å²) >= 11 is 0. The molecule has 0 aromatic heterocycles. The van der Waals surface area contributed by atoms with E-state index in [1.807, 2.05) is 0 Å². The Morgan fingerprint density at radius 1 is 0.875 bits per heavy atom. The van der Waals surface area contributed by atoms with Crippen LogP contribution in [0.3, 0.4) is 0 Å². The number of nitrogens with one attached hydrogen (secondary N) is 3. The number of rotatable bonds is 8. The van der Waals surface area contributed by atoms with Crippen LogP contribution in [0.1, 0.15) is 54.8 Å². The highest BCUT2D eigenvalue weighted by atomic mass is 35.5. The van der Waals surface area contributed by atoms with Gasteiger partial charge in [0.05, 0.1) is 0 Å². The molecule has 0 aliphatic carbocycles. The fourth-order valence-corrected chi connectivity index (χ4v) is 1.89. The molecule has 3 N–H and O–H groups in total. The molecule has 0 bridgehead atoms. The fourth-order valence-electron chi connectivity index (χ4n) is 1.89. The Morgan fingerprint density at radius 3 is 1.83 bits per heavy atom. The van der Waals surface area contributed by atoms with E-state index in [4.69, 9.17) is 0 Å². The SMILES string of the molecule is CCCNCCNC(=O)c1ccc(C(=O)NCC(C)(C)C)cc1.Cl. The molecule has 0 heterocycles. The van der Waals surface area contributed by atoms with Gasteiger partial charge in [0.1, 0.15) is 0 Å². The topological polar surface area (TPSA) is 70.2 Å². The zero-order valence-corrected chi connectivity index (χ0v) is 15.9. The average Bonchev–Trinajstić information content (AvgIpc) is 2.51. The van der Waals surface area contributed by atoms with Crippen molar-refractivity contribution >= 4 is 24.2 Å². The van der Waals surface area contributed by atoms with Crippen molar-refractivity contribution in [1.82, 2.24) is 16.0 Å². The first-order valence-electron chi connectivity index (χ1n) is 8.20. The summed E-state index contributed by atoms with van der Waals surface area (Å²) in [6.07, 6.45) is 1.08. The number of carbonyl (C=O) groups excluding carboxylic acids is 2. The Morgan fingerprint density at radius 2 is 1.38 bits per heavy atom. The molecule has 0 radical (unpaired) electrons. The van der Waals surface area contributed by atoms with Crippen LogP contribution in [-0.4, -0.2) is 38.0 Å². The third-order valence-electron chi connectivity index (χ3n) is 3.20. The molecule has 136 valence electrons.